The van der Waals surface area contributed by atoms with Gasteiger partial charge < -0.3 is 19.6 Å². The molecule has 0 saturated carbocycles. The normalized spacial score (nSPS) is 21.3. The molecule has 0 bridgehead atoms. The molecule has 2 aliphatic rings. The lowest BCUT2D eigenvalue weighted by Crippen LogP contribution is -2.44. The van der Waals surface area contributed by atoms with Crippen LogP contribution in [0.2, 0.25) is 0 Å². The molecular formula is C19H25N3O5. The zero-order valence-corrected chi connectivity index (χ0v) is 15.7. The second-order valence-corrected chi connectivity index (χ2v) is 7.29. The molecule has 27 heavy (non-hydrogen) atoms. The van der Waals surface area contributed by atoms with E-state index in [1.165, 1.54) is 4.90 Å². The van der Waals surface area contributed by atoms with Crippen LogP contribution in [0.5, 0.6) is 5.88 Å². The van der Waals surface area contributed by atoms with Crippen molar-refractivity contribution < 1.29 is 24.2 Å². The third kappa shape index (κ3) is 3.74. The summed E-state index contributed by atoms with van der Waals surface area (Å²) in [5.74, 6) is -1.12. The highest BCUT2D eigenvalue weighted by molar-refractivity contribution is 5.98. The van der Waals surface area contributed by atoms with Crippen molar-refractivity contribution in [3.8, 4) is 5.88 Å². The van der Waals surface area contributed by atoms with Crippen molar-refractivity contribution in [1.29, 1.82) is 0 Å². The van der Waals surface area contributed by atoms with E-state index in [1.54, 1.807) is 37.1 Å². The van der Waals surface area contributed by atoms with Gasteiger partial charge in [0, 0.05) is 32.8 Å². The average molecular weight is 375 g/mol. The van der Waals surface area contributed by atoms with Gasteiger partial charge in [-0.05, 0) is 43.7 Å². The van der Waals surface area contributed by atoms with E-state index in [9.17, 15) is 19.5 Å². The number of hydrogen-bond donors (Lipinski definition) is 1. The van der Waals surface area contributed by atoms with E-state index < -0.39 is 12.0 Å². The molecule has 2 amide bonds. The Morgan fingerprint density at radius 1 is 1.33 bits per heavy atom. The van der Waals surface area contributed by atoms with Gasteiger partial charge in [-0.25, -0.2) is 9.78 Å². The summed E-state index contributed by atoms with van der Waals surface area (Å²) >= 11 is 0. The van der Waals surface area contributed by atoms with Crippen LogP contribution in [0.15, 0.2) is 18.3 Å². The molecule has 1 aromatic rings. The van der Waals surface area contributed by atoms with Crippen LogP contribution < -0.4 is 4.74 Å². The maximum Gasteiger partial charge on any atom is 0.326 e. The van der Waals surface area contributed by atoms with E-state index in [1.807, 2.05) is 0 Å². The highest BCUT2D eigenvalue weighted by Gasteiger charge is 2.50. The molecule has 1 aromatic heterocycles. The summed E-state index contributed by atoms with van der Waals surface area (Å²) in [6.45, 7) is 5.28. The number of carboxylic acids is 1. The van der Waals surface area contributed by atoms with Crippen LogP contribution in [0.3, 0.4) is 0 Å². The Labute approximate surface area is 158 Å². The van der Waals surface area contributed by atoms with Gasteiger partial charge in [0.15, 0.2) is 0 Å². The lowest BCUT2D eigenvalue weighted by molar-refractivity contribution is -0.141. The largest absolute Gasteiger partial charge is 0.480 e. The van der Waals surface area contributed by atoms with Crippen molar-refractivity contribution in [2.45, 2.75) is 39.2 Å². The maximum absolute atomic E-state index is 13.1. The molecule has 1 atom stereocenters. The number of carboxylic acid groups (broad SMARTS) is 1. The monoisotopic (exact) mass is 375 g/mol. The Morgan fingerprint density at radius 2 is 2.04 bits per heavy atom. The van der Waals surface area contributed by atoms with Crippen molar-refractivity contribution >= 4 is 17.8 Å². The molecule has 2 saturated heterocycles. The van der Waals surface area contributed by atoms with Crippen molar-refractivity contribution in [3.63, 3.8) is 0 Å². The van der Waals surface area contributed by atoms with Crippen molar-refractivity contribution in [1.82, 2.24) is 14.8 Å². The van der Waals surface area contributed by atoms with E-state index in [0.717, 1.165) is 0 Å². The fourth-order valence-electron chi connectivity index (χ4n) is 4.11. The number of likely N-dealkylation sites (tertiary alicyclic amines) is 2. The Kier molecular flexibility index (Phi) is 5.34. The predicted octanol–water partition coefficient (Wildman–Crippen LogP) is 1.41. The van der Waals surface area contributed by atoms with Crippen LogP contribution in [0.4, 0.5) is 0 Å². The highest BCUT2D eigenvalue weighted by atomic mass is 16.5. The molecule has 3 heterocycles. The van der Waals surface area contributed by atoms with Gasteiger partial charge in [-0.1, -0.05) is 0 Å². The summed E-state index contributed by atoms with van der Waals surface area (Å²) in [5.41, 5.74) is 0.0161. The SMILES string of the molecule is CCOc1ncccc1C(=O)N1CC2(CCN(C(C)=O)CC2)CC1C(=O)O. The molecule has 2 fully saturated rings. The highest BCUT2D eigenvalue weighted by Crippen LogP contribution is 2.44. The molecule has 0 aromatic carbocycles. The third-order valence-electron chi connectivity index (χ3n) is 5.61. The molecular weight excluding hydrogens is 350 g/mol. The number of nitrogens with zero attached hydrogens (tertiary/aromatic N) is 3. The van der Waals surface area contributed by atoms with E-state index in [4.69, 9.17) is 4.74 Å². The van der Waals surface area contributed by atoms with Gasteiger partial charge in [0.2, 0.25) is 11.8 Å². The standard InChI is InChI=1S/C19H25N3O5/c1-3-27-16-14(5-4-8-20-16)17(24)22-12-19(11-15(22)18(25)26)6-9-21(10-7-19)13(2)23/h4-5,8,15H,3,6-7,9-12H2,1-2H3,(H,25,26). The zero-order valence-electron chi connectivity index (χ0n) is 15.7. The van der Waals surface area contributed by atoms with Crippen molar-refractivity contribution in [3.05, 3.63) is 23.9 Å². The topological polar surface area (TPSA) is 100 Å². The Morgan fingerprint density at radius 3 is 2.63 bits per heavy atom. The van der Waals surface area contributed by atoms with Gasteiger partial charge in [-0.2, -0.15) is 0 Å². The average Bonchev–Trinajstić information content (AvgIpc) is 3.02. The van der Waals surface area contributed by atoms with Crippen LogP contribution in [0, 0.1) is 5.41 Å². The number of aliphatic carboxylic acids is 1. The Hall–Kier alpha value is -2.64. The molecule has 1 N–H and O–H groups in total. The lowest BCUT2D eigenvalue weighted by Gasteiger charge is -2.38. The zero-order chi connectivity index (χ0) is 19.6. The number of aromatic nitrogens is 1. The molecule has 3 rings (SSSR count). The number of piperidine rings is 1. The summed E-state index contributed by atoms with van der Waals surface area (Å²) < 4.78 is 5.44. The van der Waals surface area contributed by atoms with E-state index in [2.05, 4.69) is 4.98 Å². The number of pyridine rings is 1. The predicted molar refractivity (Wildman–Crippen MR) is 96.4 cm³/mol. The smallest absolute Gasteiger partial charge is 0.326 e. The minimum absolute atomic E-state index is 0.0299. The maximum atomic E-state index is 13.1. The molecule has 8 nitrogen and oxygen atoms in total. The van der Waals surface area contributed by atoms with Gasteiger partial charge in [-0.15, -0.1) is 0 Å². The van der Waals surface area contributed by atoms with Crippen LogP contribution in [0.25, 0.3) is 0 Å². The van der Waals surface area contributed by atoms with E-state index in [-0.39, 0.29) is 28.7 Å². The molecule has 2 aliphatic heterocycles. The van der Waals surface area contributed by atoms with Gasteiger partial charge in [0.05, 0.1) is 6.61 Å². The molecule has 1 unspecified atom stereocenters. The van der Waals surface area contributed by atoms with Crippen LogP contribution in [-0.2, 0) is 9.59 Å². The van der Waals surface area contributed by atoms with Crippen LogP contribution in [0.1, 0.15) is 43.5 Å². The molecule has 1 spiro atoms. The summed E-state index contributed by atoms with van der Waals surface area (Å²) in [6, 6.07) is 2.38. The Balaban J connectivity index is 1.83. The number of hydrogen-bond acceptors (Lipinski definition) is 5. The fraction of sp³-hybridized carbons (Fsp3) is 0.579. The summed E-state index contributed by atoms with van der Waals surface area (Å²) in [7, 11) is 0. The van der Waals surface area contributed by atoms with Gasteiger partial charge in [0.1, 0.15) is 11.6 Å². The molecule has 146 valence electrons. The third-order valence-corrected chi connectivity index (χ3v) is 5.61. The van der Waals surface area contributed by atoms with Gasteiger partial charge in [0.25, 0.3) is 5.91 Å². The molecule has 0 aliphatic carbocycles. The Bertz CT molecular complexity index is 743. The number of carbonyl (C=O) groups is 3. The molecule has 8 heteroatoms. The minimum atomic E-state index is -1.00. The van der Waals surface area contributed by atoms with E-state index >= 15 is 0 Å². The van der Waals surface area contributed by atoms with Crippen LogP contribution in [-0.4, -0.2) is 70.0 Å². The second kappa shape index (κ2) is 7.54. The first-order valence-corrected chi connectivity index (χ1v) is 9.24. The van der Waals surface area contributed by atoms with E-state index in [0.29, 0.717) is 45.5 Å². The first-order chi connectivity index (χ1) is 12.9. The minimum Gasteiger partial charge on any atom is -0.480 e. The summed E-state index contributed by atoms with van der Waals surface area (Å²) in [4.78, 5) is 43.9. The number of amides is 2. The van der Waals surface area contributed by atoms with Crippen LogP contribution >= 0.6 is 0 Å². The van der Waals surface area contributed by atoms with Gasteiger partial charge in [-0.3, -0.25) is 9.59 Å². The van der Waals surface area contributed by atoms with Crippen molar-refractivity contribution in [2.75, 3.05) is 26.2 Å². The van der Waals surface area contributed by atoms with Gasteiger partial charge >= 0.3 is 5.97 Å². The number of carbonyl (C=O) groups excluding carboxylic acids is 2. The summed E-state index contributed by atoms with van der Waals surface area (Å²) in [5, 5.41) is 9.70. The first-order valence-electron chi connectivity index (χ1n) is 9.24. The number of rotatable bonds is 4. The number of ether oxygens (including phenoxy) is 1. The van der Waals surface area contributed by atoms with Crippen molar-refractivity contribution in [2.24, 2.45) is 5.41 Å². The first kappa shape index (κ1) is 19.1. The molecule has 0 radical (unpaired) electrons. The fourth-order valence-corrected chi connectivity index (χ4v) is 4.11. The second-order valence-electron chi connectivity index (χ2n) is 7.29. The summed E-state index contributed by atoms with van der Waals surface area (Å²) in [6.07, 6.45) is 3.35. The lowest BCUT2D eigenvalue weighted by atomic mass is 9.76. The quantitative estimate of drug-likeness (QED) is 0.854.